The molecule has 0 saturated carbocycles. The lowest BCUT2D eigenvalue weighted by atomic mass is 10.2. The Morgan fingerprint density at radius 3 is 2.28 bits per heavy atom. The monoisotopic (exact) mass is 453 g/mol. The molecule has 2 rings (SSSR count). The number of rotatable bonds is 8. The number of halogens is 2. The number of carbonyl (C=O) groups is 2. The van der Waals surface area contributed by atoms with E-state index in [4.69, 9.17) is 40.2 Å². The summed E-state index contributed by atoms with van der Waals surface area (Å²) in [5.74, 6) is 0.239. The molecule has 0 aliphatic rings. The molecule has 0 saturated heterocycles. The molecule has 154 valence electrons. The van der Waals surface area contributed by atoms with Crippen LogP contribution in [0, 0.1) is 0 Å². The number of thiocarbonyl (C=S) groups is 1. The first-order valence-electron chi connectivity index (χ1n) is 8.96. The van der Waals surface area contributed by atoms with Gasteiger partial charge in [-0.1, -0.05) is 30.1 Å². The van der Waals surface area contributed by atoms with Crippen molar-refractivity contribution in [2.75, 3.05) is 17.2 Å². The van der Waals surface area contributed by atoms with Crippen LogP contribution in [0.2, 0.25) is 10.0 Å². The predicted octanol–water partition coefficient (Wildman–Crippen LogP) is 5.01. The van der Waals surface area contributed by atoms with E-state index in [1.54, 1.807) is 49.4 Å². The van der Waals surface area contributed by atoms with Gasteiger partial charge in [-0.15, -0.1) is 0 Å². The van der Waals surface area contributed by atoms with Gasteiger partial charge in [0.1, 0.15) is 5.75 Å². The Kier molecular flexibility index (Phi) is 9.18. The number of anilines is 2. The van der Waals surface area contributed by atoms with Gasteiger partial charge in [0.15, 0.2) is 5.11 Å². The van der Waals surface area contributed by atoms with Gasteiger partial charge in [-0.05, 0) is 61.1 Å². The Labute approximate surface area is 184 Å². The van der Waals surface area contributed by atoms with Gasteiger partial charge in [0.25, 0.3) is 0 Å². The van der Waals surface area contributed by atoms with Crippen LogP contribution < -0.4 is 20.7 Å². The van der Waals surface area contributed by atoms with Crippen LogP contribution in [-0.4, -0.2) is 23.5 Å². The van der Waals surface area contributed by atoms with Crippen LogP contribution in [0.5, 0.6) is 5.75 Å². The van der Waals surface area contributed by atoms with Crippen LogP contribution in [0.25, 0.3) is 0 Å². The van der Waals surface area contributed by atoms with Gasteiger partial charge in [-0.25, -0.2) is 0 Å². The molecule has 2 amide bonds. The minimum Gasteiger partial charge on any atom is -0.492 e. The van der Waals surface area contributed by atoms with Gasteiger partial charge in [-0.2, -0.15) is 0 Å². The molecule has 0 atom stereocenters. The normalized spacial score (nSPS) is 10.2. The van der Waals surface area contributed by atoms with Crippen molar-refractivity contribution in [1.29, 1.82) is 0 Å². The Morgan fingerprint density at radius 1 is 1.00 bits per heavy atom. The third-order valence-corrected chi connectivity index (χ3v) is 4.43. The highest BCUT2D eigenvalue weighted by molar-refractivity contribution is 7.80. The average Bonchev–Trinajstić information content (AvgIpc) is 2.68. The lowest BCUT2D eigenvalue weighted by Gasteiger charge is -2.11. The highest BCUT2D eigenvalue weighted by Crippen LogP contribution is 2.27. The van der Waals surface area contributed by atoms with Gasteiger partial charge in [0.2, 0.25) is 11.8 Å². The summed E-state index contributed by atoms with van der Waals surface area (Å²) >= 11 is 17.0. The third kappa shape index (κ3) is 8.27. The molecule has 2 aromatic carbocycles. The molecule has 0 bridgehead atoms. The first-order chi connectivity index (χ1) is 13.9. The van der Waals surface area contributed by atoms with E-state index in [-0.39, 0.29) is 23.3 Å². The van der Waals surface area contributed by atoms with Crippen LogP contribution in [0.1, 0.15) is 26.2 Å². The van der Waals surface area contributed by atoms with Crippen molar-refractivity contribution in [2.45, 2.75) is 26.2 Å². The fourth-order valence-electron chi connectivity index (χ4n) is 2.24. The Hall–Kier alpha value is -2.35. The van der Waals surface area contributed by atoms with E-state index in [0.717, 1.165) is 0 Å². The van der Waals surface area contributed by atoms with E-state index in [0.29, 0.717) is 46.6 Å². The molecule has 0 aliphatic carbocycles. The Bertz CT molecular complexity index is 876. The molecule has 0 aromatic heterocycles. The molecule has 3 N–H and O–H groups in total. The number of ether oxygens (including phenoxy) is 1. The number of hydrogen-bond acceptors (Lipinski definition) is 4. The van der Waals surface area contributed by atoms with Gasteiger partial charge in [0.05, 0.1) is 11.6 Å². The van der Waals surface area contributed by atoms with E-state index >= 15 is 0 Å². The molecule has 0 spiro atoms. The van der Waals surface area contributed by atoms with Gasteiger partial charge in [0, 0.05) is 29.2 Å². The summed E-state index contributed by atoms with van der Waals surface area (Å²) in [6.07, 6.45) is 1.15. The molecule has 2 aromatic rings. The summed E-state index contributed by atoms with van der Waals surface area (Å²) < 4.78 is 5.54. The van der Waals surface area contributed by atoms with Crippen LogP contribution >= 0.6 is 35.4 Å². The SMILES string of the molecule is CCC(=O)Nc1ccc(NC(=S)NC(=O)CCCOc2ccc(Cl)cc2Cl)cc1. The zero-order chi connectivity index (χ0) is 21.2. The maximum absolute atomic E-state index is 12.0. The lowest BCUT2D eigenvalue weighted by Crippen LogP contribution is -2.34. The van der Waals surface area contributed by atoms with Crippen molar-refractivity contribution in [3.63, 3.8) is 0 Å². The molecule has 0 radical (unpaired) electrons. The molecule has 9 heteroatoms. The van der Waals surface area contributed by atoms with Gasteiger partial charge >= 0.3 is 0 Å². The fraction of sp³-hybridized carbons (Fsp3) is 0.250. The maximum Gasteiger partial charge on any atom is 0.226 e. The lowest BCUT2D eigenvalue weighted by molar-refractivity contribution is -0.120. The minimum atomic E-state index is -0.222. The van der Waals surface area contributed by atoms with Crippen molar-refractivity contribution in [1.82, 2.24) is 5.32 Å². The summed E-state index contributed by atoms with van der Waals surface area (Å²) in [6, 6.07) is 12.0. The van der Waals surface area contributed by atoms with E-state index in [9.17, 15) is 9.59 Å². The summed E-state index contributed by atoms with van der Waals surface area (Å²) in [4.78, 5) is 23.4. The van der Waals surface area contributed by atoms with Crippen molar-refractivity contribution in [2.24, 2.45) is 0 Å². The first kappa shape index (κ1) is 22.9. The highest BCUT2D eigenvalue weighted by atomic mass is 35.5. The smallest absolute Gasteiger partial charge is 0.226 e. The number of carbonyl (C=O) groups excluding carboxylic acids is 2. The molecular weight excluding hydrogens is 433 g/mol. The second-order valence-electron chi connectivity index (χ2n) is 6.01. The van der Waals surface area contributed by atoms with Crippen molar-refractivity contribution >= 4 is 63.7 Å². The number of nitrogens with one attached hydrogen (secondary N) is 3. The Balaban J connectivity index is 1.69. The van der Waals surface area contributed by atoms with Crippen molar-refractivity contribution in [3.05, 3.63) is 52.5 Å². The molecule has 0 heterocycles. The van der Waals surface area contributed by atoms with Crippen LogP contribution in [0.15, 0.2) is 42.5 Å². The van der Waals surface area contributed by atoms with Crippen molar-refractivity contribution < 1.29 is 14.3 Å². The standard InChI is InChI=1S/C20H21Cl2N3O3S/c1-2-18(26)23-14-6-8-15(9-7-14)24-20(29)25-19(27)4-3-11-28-17-10-5-13(21)12-16(17)22/h5-10,12H,2-4,11H2,1H3,(H,23,26)(H2,24,25,27,29). The topological polar surface area (TPSA) is 79.5 Å². The van der Waals surface area contributed by atoms with Crippen LogP contribution in [-0.2, 0) is 9.59 Å². The van der Waals surface area contributed by atoms with Crippen molar-refractivity contribution in [3.8, 4) is 5.75 Å². The number of hydrogen-bond donors (Lipinski definition) is 3. The summed E-state index contributed by atoms with van der Waals surface area (Å²) in [5.41, 5.74) is 1.39. The molecular formula is C20H21Cl2N3O3S. The summed E-state index contributed by atoms with van der Waals surface area (Å²) in [6.45, 7) is 2.12. The zero-order valence-corrected chi connectivity index (χ0v) is 18.1. The maximum atomic E-state index is 12.0. The average molecular weight is 454 g/mol. The molecule has 0 fully saturated rings. The third-order valence-electron chi connectivity index (χ3n) is 3.70. The first-order valence-corrected chi connectivity index (χ1v) is 10.1. The van der Waals surface area contributed by atoms with Gasteiger partial charge < -0.3 is 20.7 Å². The zero-order valence-electron chi connectivity index (χ0n) is 15.8. The molecule has 6 nitrogen and oxygen atoms in total. The highest BCUT2D eigenvalue weighted by Gasteiger charge is 2.07. The second-order valence-corrected chi connectivity index (χ2v) is 7.26. The van der Waals surface area contributed by atoms with E-state index in [1.807, 2.05) is 0 Å². The summed E-state index contributed by atoms with van der Waals surface area (Å²) in [7, 11) is 0. The van der Waals surface area contributed by atoms with E-state index in [1.165, 1.54) is 0 Å². The molecule has 0 aliphatic heterocycles. The van der Waals surface area contributed by atoms with E-state index < -0.39 is 0 Å². The quantitative estimate of drug-likeness (QED) is 0.386. The molecule has 29 heavy (non-hydrogen) atoms. The summed E-state index contributed by atoms with van der Waals surface area (Å²) in [5, 5.41) is 9.44. The number of benzene rings is 2. The second kappa shape index (κ2) is 11.6. The van der Waals surface area contributed by atoms with Crippen LogP contribution in [0.4, 0.5) is 11.4 Å². The Morgan fingerprint density at radius 2 is 1.66 bits per heavy atom. The largest absolute Gasteiger partial charge is 0.492 e. The fourth-order valence-corrected chi connectivity index (χ4v) is 2.94. The van der Waals surface area contributed by atoms with E-state index in [2.05, 4.69) is 16.0 Å². The van der Waals surface area contributed by atoms with Gasteiger partial charge in [-0.3, -0.25) is 9.59 Å². The van der Waals surface area contributed by atoms with Crippen LogP contribution in [0.3, 0.4) is 0 Å². The molecule has 0 unspecified atom stereocenters. The predicted molar refractivity (Wildman–Crippen MR) is 121 cm³/mol. The number of amides is 2. The minimum absolute atomic E-state index is 0.0594.